The molecule has 0 aromatic heterocycles. The number of hydrogen-bond donors (Lipinski definition) is 1. The number of halogens is 2. The number of nitrogens with zero attached hydrogens (tertiary/aromatic N) is 2. The van der Waals surface area contributed by atoms with Crippen LogP contribution < -0.4 is 4.74 Å². The topological polar surface area (TPSA) is 80.6 Å². The lowest BCUT2D eigenvalue weighted by molar-refractivity contribution is 0.0210. The Kier molecular flexibility index (Phi) is 11.2. The lowest BCUT2D eigenvalue weighted by atomic mass is 9.87. The molecule has 3 rings (SSSR count). The summed E-state index contributed by atoms with van der Waals surface area (Å²) in [4.78, 5) is 19.3. The van der Waals surface area contributed by atoms with Gasteiger partial charge in [-0.05, 0) is 57.4 Å². The van der Waals surface area contributed by atoms with Crippen LogP contribution in [0.3, 0.4) is 0 Å². The van der Waals surface area contributed by atoms with Crippen LogP contribution in [0.25, 0.3) is 0 Å². The molecule has 0 amide bonds. The molecule has 1 aromatic carbocycles. The number of aromatic hydroxyl groups is 1. The van der Waals surface area contributed by atoms with E-state index < -0.39 is 6.86 Å². The summed E-state index contributed by atoms with van der Waals surface area (Å²) in [6.07, 6.45) is 10.9. The van der Waals surface area contributed by atoms with Gasteiger partial charge in [0.15, 0.2) is 6.29 Å². The highest BCUT2D eigenvalue weighted by molar-refractivity contribution is 6.33. The summed E-state index contributed by atoms with van der Waals surface area (Å²) in [5.41, 5.74) is 2.80. The van der Waals surface area contributed by atoms with Crippen LogP contribution >= 0.6 is 11.6 Å². The van der Waals surface area contributed by atoms with Gasteiger partial charge < -0.3 is 19.4 Å². The summed E-state index contributed by atoms with van der Waals surface area (Å²) in [7, 11) is 0. The molecule has 1 aliphatic heterocycles. The Labute approximate surface area is 217 Å². The zero-order chi connectivity index (χ0) is 25.9. The number of oxime groups is 1. The predicted octanol–water partition coefficient (Wildman–Crippen LogP) is 5.41. The molecule has 36 heavy (non-hydrogen) atoms. The van der Waals surface area contributed by atoms with Crippen molar-refractivity contribution in [1.29, 1.82) is 0 Å². The highest BCUT2D eigenvalue weighted by Crippen LogP contribution is 2.41. The Morgan fingerprint density at radius 3 is 2.86 bits per heavy atom. The van der Waals surface area contributed by atoms with Crippen LogP contribution in [0.5, 0.6) is 11.5 Å². The highest BCUT2D eigenvalue weighted by Gasteiger charge is 2.21. The maximum Gasteiger partial charge on any atom is 0.228 e. The standard InChI is InChI=1S/C27H36ClFN2O5/c1-19(7-9-23-26(33)24(17-32)20(2)25(28)27(23)35-18-29)6-8-21-4-3-5-22(16-21)30-36-15-12-31-10-13-34-14-11-31/h6-8,17,21,33H,3-5,9-16,18H2,1-2H3/b8-6+,19-7+,30-22+. The third kappa shape index (κ3) is 7.79. The fraction of sp³-hybridized carbons (Fsp3) is 0.556. The van der Waals surface area contributed by atoms with Gasteiger partial charge in [0.05, 0.1) is 29.5 Å². The number of alkyl halides is 1. The lowest BCUT2D eigenvalue weighted by Crippen LogP contribution is -2.38. The van der Waals surface area contributed by atoms with Crippen molar-refractivity contribution in [1.82, 2.24) is 4.90 Å². The monoisotopic (exact) mass is 522 g/mol. The van der Waals surface area contributed by atoms with Crippen LogP contribution in [0.1, 0.15) is 54.1 Å². The van der Waals surface area contributed by atoms with Gasteiger partial charge in [-0.1, -0.05) is 40.6 Å². The second-order valence-corrected chi connectivity index (χ2v) is 9.57. The third-order valence-corrected chi connectivity index (χ3v) is 7.11. The van der Waals surface area contributed by atoms with Crippen molar-refractivity contribution < 1.29 is 28.6 Å². The zero-order valence-electron chi connectivity index (χ0n) is 21.1. The molecule has 7 nitrogen and oxygen atoms in total. The van der Waals surface area contributed by atoms with Crippen LogP contribution in [0, 0.1) is 12.8 Å². The van der Waals surface area contributed by atoms with E-state index in [4.69, 9.17) is 25.9 Å². The first-order valence-electron chi connectivity index (χ1n) is 12.4. The van der Waals surface area contributed by atoms with Gasteiger partial charge in [0.1, 0.15) is 18.1 Å². The SMILES string of the molecule is CC(/C=C/C1CCC/C(=N\OCCN2CCOCC2)C1)=C\Cc1c(O)c(C=O)c(C)c(Cl)c1OCF. The van der Waals surface area contributed by atoms with Gasteiger partial charge in [-0.3, -0.25) is 9.69 Å². The van der Waals surface area contributed by atoms with Crippen molar-refractivity contribution >= 4 is 23.6 Å². The van der Waals surface area contributed by atoms with E-state index >= 15 is 0 Å². The van der Waals surface area contributed by atoms with E-state index in [1.165, 1.54) is 0 Å². The Morgan fingerprint density at radius 1 is 1.36 bits per heavy atom. The molecule has 1 saturated carbocycles. The summed E-state index contributed by atoms with van der Waals surface area (Å²) in [5, 5.41) is 15.1. The molecule has 1 N–H and O–H groups in total. The van der Waals surface area contributed by atoms with Gasteiger partial charge in [0, 0.05) is 25.2 Å². The van der Waals surface area contributed by atoms with Crippen LogP contribution in [-0.4, -0.2) is 68.3 Å². The van der Waals surface area contributed by atoms with Gasteiger partial charge in [-0.15, -0.1) is 0 Å². The minimum absolute atomic E-state index is 0.0644. The summed E-state index contributed by atoms with van der Waals surface area (Å²) >= 11 is 6.28. The largest absolute Gasteiger partial charge is 0.507 e. The number of hydrogen-bond acceptors (Lipinski definition) is 7. The highest BCUT2D eigenvalue weighted by atomic mass is 35.5. The molecule has 1 aliphatic carbocycles. The second kappa shape index (κ2) is 14.4. The first-order valence-corrected chi connectivity index (χ1v) is 12.8. The van der Waals surface area contributed by atoms with Gasteiger partial charge >= 0.3 is 0 Å². The van der Waals surface area contributed by atoms with Crippen molar-refractivity contribution in [3.05, 3.63) is 45.5 Å². The number of ether oxygens (including phenoxy) is 2. The quantitative estimate of drug-likeness (QED) is 0.181. The Morgan fingerprint density at radius 2 is 2.14 bits per heavy atom. The Hall–Kier alpha value is -2.42. The van der Waals surface area contributed by atoms with E-state index in [0.717, 1.165) is 69.8 Å². The van der Waals surface area contributed by atoms with Crippen molar-refractivity contribution in [3.8, 4) is 11.5 Å². The number of carbonyl (C=O) groups excluding carboxylic acids is 1. The normalized spacial score (nSPS) is 20.7. The molecule has 2 aliphatic rings. The first-order chi connectivity index (χ1) is 17.4. The summed E-state index contributed by atoms with van der Waals surface area (Å²) in [6.45, 7) is 7.34. The van der Waals surface area contributed by atoms with Crippen LogP contribution in [0.2, 0.25) is 5.02 Å². The zero-order valence-corrected chi connectivity index (χ0v) is 21.9. The van der Waals surface area contributed by atoms with E-state index in [2.05, 4.69) is 16.1 Å². The molecule has 2 fully saturated rings. The fourth-order valence-electron chi connectivity index (χ4n) is 4.48. The molecule has 1 saturated heterocycles. The number of morpholine rings is 1. The van der Waals surface area contributed by atoms with Gasteiger partial charge in [0.2, 0.25) is 6.86 Å². The smallest absolute Gasteiger partial charge is 0.228 e. The second-order valence-electron chi connectivity index (χ2n) is 9.19. The van der Waals surface area contributed by atoms with Gasteiger partial charge in [-0.25, -0.2) is 4.39 Å². The average molecular weight is 523 g/mol. The predicted molar refractivity (Wildman–Crippen MR) is 139 cm³/mol. The van der Waals surface area contributed by atoms with Crippen LogP contribution in [0.15, 0.2) is 29.0 Å². The number of phenols is 1. The number of phenolic OH excluding ortho intramolecular Hbond substituents is 1. The maximum atomic E-state index is 12.9. The molecular weight excluding hydrogens is 487 g/mol. The Bertz CT molecular complexity index is 989. The molecule has 0 bridgehead atoms. The molecular formula is C27H36ClFN2O5. The molecule has 0 spiro atoms. The van der Waals surface area contributed by atoms with Crippen molar-refractivity contribution in [2.45, 2.75) is 46.0 Å². The average Bonchev–Trinajstić information content (AvgIpc) is 2.89. The fourth-order valence-corrected chi connectivity index (χ4v) is 4.75. The maximum absolute atomic E-state index is 12.9. The van der Waals surface area contributed by atoms with Gasteiger partial charge in [0.25, 0.3) is 0 Å². The Balaban J connectivity index is 1.57. The number of allylic oxidation sites excluding steroid dienone is 4. The molecule has 1 aromatic rings. The van der Waals surface area contributed by atoms with E-state index in [9.17, 15) is 14.3 Å². The summed E-state index contributed by atoms with van der Waals surface area (Å²) < 4.78 is 23.3. The molecule has 0 radical (unpaired) electrons. The number of benzene rings is 1. The van der Waals surface area contributed by atoms with Crippen molar-refractivity contribution in [2.75, 3.05) is 46.3 Å². The molecule has 1 unspecified atom stereocenters. The first kappa shape index (κ1) is 28.2. The van der Waals surface area contributed by atoms with E-state index in [1.807, 2.05) is 19.1 Å². The molecule has 9 heteroatoms. The van der Waals surface area contributed by atoms with E-state index in [1.54, 1.807) is 6.92 Å². The number of aldehydes is 1. The minimum Gasteiger partial charge on any atom is -0.507 e. The van der Waals surface area contributed by atoms with E-state index in [0.29, 0.717) is 29.9 Å². The molecule has 1 heterocycles. The van der Waals surface area contributed by atoms with E-state index in [-0.39, 0.29) is 28.5 Å². The number of carbonyl (C=O) groups is 1. The van der Waals surface area contributed by atoms with Crippen molar-refractivity contribution in [3.63, 3.8) is 0 Å². The molecule has 198 valence electrons. The third-order valence-electron chi connectivity index (χ3n) is 6.66. The number of rotatable bonds is 11. The van der Waals surface area contributed by atoms with Gasteiger partial charge in [-0.2, -0.15) is 0 Å². The van der Waals surface area contributed by atoms with Crippen LogP contribution in [-0.2, 0) is 16.0 Å². The molecule has 1 atom stereocenters. The lowest BCUT2D eigenvalue weighted by Gasteiger charge is -2.26. The van der Waals surface area contributed by atoms with Crippen molar-refractivity contribution in [2.24, 2.45) is 11.1 Å². The minimum atomic E-state index is -1.09. The summed E-state index contributed by atoms with van der Waals surface area (Å²) in [6, 6.07) is 0. The summed E-state index contributed by atoms with van der Waals surface area (Å²) in [5.74, 6) is 0.206. The van der Waals surface area contributed by atoms with Crippen LogP contribution in [0.4, 0.5) is 4.39 Å².